The fourth-order valence-electron chi connectivity index (χ4n) is 2.01. The summed E-state index contributed by atoms with van der Waals surface area (Å²) >= 11 is 0. The Labute approximate surface area is 111 Å². The second-order valence-corrected chi connectivity index (χ2v) is 4.32. The molecule has 1 aromatic carbocycles. The van der Waals surface area contributed by atoms with Crippen molar-refractivity contribution in [2.75, 3.05) is 5.73 Å². The minimum absolute atomic E-state index is 0.0954. The number of nitrogens with two attached hydrogens (primary N) is 1. The lowest BCUT2D eigenvalue weighted by Crippen LogP contribution is -2.06. The van der Waals surface area contributed by atoms with Gasteiger partial charge in [-0.1, -0.05) is 0 Å². The number of imidazole rings is 1. The molecule has 2 N–H and O–H groups in total. The fraction of sp³-hybridized carbons (Fsp3) is 0.0769. The topological polar surface area (TPSA) is 56.7 Å². The van der Waals surface area contributed by atoms with Crippen LogP contribution in [0.5, 0.6) is 0 Å². The van der Waals surface area contributed by atoms with Crippen molar-refractivity contribution in [1.82, 2.24) is 14.5 Å². The standard InChI is InChI=1S/C13H9F3N4/c1-6-2-3-9-12(18-6)20(13(17)19-9)10-5-7(14)4-8(15)11(10)16/h2-5H,1H3,(H2,17,19). The van der Waals surface area contributed by atoms with Crippen molar-refractivity contribution >= 4 is 17.1 Å². The molecule has 3 aromatic rings. The van der Waals surface area contributed by atoms with E-state index in [1.54, 1.807) is 19.1 Å². The van der Waals surface area contributed by atoms with Crippen molar-refractivity contribution in [1.29, 1.82) is 0 Å². The van der Waals surface area contributed by atoms with Crippen LogP contribution in [0.1, 0.15) is 5.69 Å². The van der Waals surface area contributed by atoms with Gasteiger partial charge in [0.25, 0.3) is 0 Å². The van der Waals surface area contributed by atoms with Crippen LogP contribution >= 0.6 is 0 Å². The summed E-state index contributed by atoms with van der Waals surface area (Å²) in [6, 6.07) is 4.67. The number of rotatable bonds is 1. The van der Waals surface area contributed by atoms with Crippen LogP contribution in [0, 0.1) is 24.4 Å². The van der Waals surface area contributed by atoms with Crippen molar-refractivity contribution in [3.05, 3.63) is 47.4 Å². The predicted octanol–water partition coefficient (Wildman–Crippen LogP) is 2.73. The van der Waals surface area contributed by atoms with Gasteiger partial charge in [-0.15, -0.1) is 0 Å². The molecule has 0 aliphatic carbocycles. The molecule has 0 unspecified atom stereocenters. The van der Waals surface area contributed by atoms with E-state index in [2.05, 4.69) is 9.97 Å². The van der Waals surface area contributed by atoms with Crippen molar-refractivity contribution in [3.63, 3.8) is 0 Å². The van der Waals surface area contributed by atoms with Crippen molar-refractivity contribution in [2.45, 2.75) is 6.92 Å². The zero-order valence-electron chi connectivity index (χ0n) is 10.4. The summed E-state index contributed by atoms with van der Waals surface area (Å²) in [6.45, 7) is 1.73. The monoisotopic (exact) mass is 278 g/mol. The lowest BCUT2D eigenvalue weighted by molar-refractivity contribution is 0.491. The highest BCUT2D eigenvalue weighted by Gasteiger charge is 2.18. The number of hydrogen-bond acceptors (Lipinski definition) is 3. The lowest BCUT2D eigenvalue weighted by atomic mass is 10.2. The molecule has 0 saturated heterocycles. The molecule has 2 heterocycles. The predicted molar refractivity (Wildman–Crippen MR) is 67.9 cm³/mol. The average Bonchev–Trinajstić information content (AvgIpc) is 2.69. The van der Waals surface area contributed by atoms with E-state index in [9.17, 15) is 13.2 Å². The highest BCUT2D eigenvalue weighted by molar-refractivity contribution is 5.77. The number of fused-ring (bicyclic) bond motifs is 1. The van der Waals surface area contributed by atoms with Crippen LogP contribution in [0.3, 0.4) is 0 Å². The summed E-state index contributed by atoms with van der Waals surface area (Å²) in [4.78, 5) is 8.18. The molecule has 2 aromatic heterocycles. The number of nitrogen functional groups attached to an aromatic ring is 1. The molecule has 0 spiro atoms. The van der Waals surface area contributed by atoms with Gasteiger partial charge in [-0.25, -0.2) is 23.1 Å². The van der Waals surface area contributed by atoms with Crippen LogP contribution in [0.2, 0.25) is 0 Å². The number of aromatic nitrogens is 3. The highest BCUT2D eigenvalue weighted by Crippen LogP contribution is 2.25. The number of halogens is 3. The molecule has 20 heavy (non-hydrogen) atoms. The molecular weight excluding hydrogens is 269 g/mol. The minimum atomic E-state index is -1.30. The van der Waals surface area contributed by atoms with Crippen molar-refractivity contribution in [3.8, 4) is 5.69 Å². The molecule has 0 atom stereocenters. The van der Waals surface area contributed by atoms with E-state index < -0.39 is 17.5 Å². The second-order valence-electron chi connectivity index (χ2n) is 4.32. The third kappa shape index (κ3) is 1.78. The van der Waals surface area contributed by atoms with Gasteiger partial charge in [0.2, 0.25) is 5.95 Å². The smallest absolute Gasteiger partial charge is 0.207 e. The number of aryl methyl sites for hydroxylation is 1. The van der Waals surface area contributed by atoms with Gasteiger partial charge in [-0.05, 0) is 19.1 Å². The van der Waals surface area contributed by atoms with Gasteiger partial charge in [0.05, 0.1) is 5.69 Å². The largest absolute Gasteiger partial charge is 0.369 e. The first-order chi connectivity index (χ1) is 9.47. The van der Waals surface area contributed by atoms with Crippen LogP contribution in [0.25, 0.3) is 16.9 Å². The van der Waals surface area contributed by atoms with Gasteiger partial charge < -0.3 is 5.73 Å². The molecule has 4 nitrogen and oxygen atoms in total. The SMILES string of the molecule is Cc1ccc2nc(N)n(-c3cc(F)cc(F)c3F)c2n1. The minimum Gasteiger partial charge on any atom is -0.369 e. The summed E-state index contributed by atoms with van der Waals surface area (Å²) in [6.07, 6.45) is 0. The normalized spacial score (nSPS) is 11.2. The molecule has 102 valence electrons. The molecule has 0 fully saturated rings. The molecule has 0 radical (unpaired) electrons. The van der Waals surface area contributed by atoms with Crippen LogP contribution in [-0.4, -0.2) is 14.5 Å². The Morgan fingerprint density at radius 1 is 1.10 bits per heavy atom. The van der Waals surface area contributed by atoms with Crippen LogP contribution < -0.4 is 5.73 Å². The zero-order valence-corrected chi connectivity index (χ0v) is 10.4. The Balaban J connectivity index is 2.40. The second kappa shape index (κ2) is 4.22. The first-order valence-electron chi connectivity index (χ1n) is 5.74. The Kier molecular flexibility index (Phi) is 2.63. The third-order valence-corrected chi connectivity index (χ3v) is 2.88. The van der Waals surface area contributed by atoms with Gasteiger partial charge in [0.15, 0.2) is 17.3 Å². The summed E-state index contributed by atoms with van der Waals surface area (Å²) in [5.74, 6) is -3.51. The van der Waals surface area contributed by atoms with E-state index >= 15 is 0 Å². The van der Waals surface area contributed by atoms with E-state index in [1.807, 2.05) is 0 Å². The number of nitrogens with zero attached hydrogens (tertiary/aromatic N) is 3. The molecule has 3 rings (SSSR count). The van der Waals surface area contributed by atoms with Gasteiger partial charge in [0.1, 0.15) is 11.3 Å². The molecular formula is C13H9F3N4. The van der Waals surface area contributed by atoms with Crippen LogP contribution in [-0.2, 0) is 0 Å². The van der Waals surface area contributed by atoms with E-state index in [-0.39, 0.29) is 17.3 Å². The fourth-order valence-corrected chi connectivity index (χ4v) is 2.01. The first-order valence-corrected chi connectivity index (χ1v) is 5.74. The van der Waals surface area contributed by atoms with Crippen molar-refractivity contribution in [2.24, 2.45) is 0 Å². The molecule has 0 aliphatic heterocycles. The van der Waals surface area contributed by atoms with Crippen molar-refractivity contribution < 1.29 is 13.2 Å². The maximum atomic E-state index is 13.9. The summed E-state index contributed by atoms with van der Waals surface area (Å²) in [5.41, 5.74) is 6.65. The van der Waals surface area contributed by atoms with E-state index in [4.69, 9.17) is 5.73 Å². The molecule has 0 saturated carbocycles. The highest BCUT2D eigenvalue weighted by atomic mass is 19.2. The summed E-state index contributed by atoms with van der Waals surface area (Å²) in [5, 5.41) is 0. The van der Waals surface area contributed by atoms with E-state index in [1.165, 1.54) is 0 Å². The average molecular weight is 278 g/mol. The molecule has 0 amide bonds. The van der Waals surface area contributed by atoms with Crippen LogP contribution in [0.4, 0.5) is 19.1 Å². The summed E-state index contributed by atoms with van der Waals surface area (Å²) in [7, 11) is 0. The summed E-state index contributed by atoms with van der Waals surface area (Å²) < 4.78 is 41.6. The Morgan fingerprint density at radius 2 is 1.85 bits per heavy atom. The van der Waals surface area contributed by atoms with Gasteiger partial charge in [0, 0.05) is 17.8 Å². The number of benzene rings is 1. The quantitative estimate of drug-likeness (QED) is 0.696. The molecule has 7 heteroatoms. The molecule has 0 bridgehead atoms. The number of anilines is 1. The van der Waals surface area contributed by atoms with E-state index in [0.717, 1.165) is 10.6 Å². The third-order valence-electron chi connectivity index (χ3n) is 2.88. The zero-order chi connectivity index (χ0) is 14.4. The van der Waals surface area contributed by atoms with Gasteiger partial charge in [-0.2, -0.15) is 0 Å². The van der Waals surface area contributed by atoms with E-state index in [0.29, 0.717) is 17.3 Å². The maximum absolute atomic E-state index is 13.9. The number of hydrogen-bond donors (Lipinski definition) is 1. The molecule has 0 aliphatic rings. The first kappa shape index (κ1) is 12.5. The maximum Gasteiger partial charge on any atom is 0.207 e. The Morgan fingerprint density at radius 3 is 2.60 bits per heavy atom. The van der Waals surface area contributed by atoms with Gasteiger partial charge >= 0.3 is 0 Å². The Hall–Kier alpha value is -2.57. The van der Waals surface area contributed by atoms with Gasteiger partial charge in [-0.3, -0.25) is 4.57 Å². The Bertz CT molecular complexity index is 826. The van der Waals surface area contributed by atoms with Crippen LogP contribution in [0.15, 0.2) is 24.3 Å². The lowest BCUT2D eigenvalue weighted by Gasteiger charge is -2.08. The number of pyridine rings is 1.